The maximum atomic E-state index is 13.8. The average Bonchev–Trinajstić information content (AvgIpc) is 2.86. The molecule has 0 aliphatic rings. The van der Waals surface area contributed by atoms with Crippen LogP contribution in [0.2, 0.25) is 5.02 Å². The van der Waals surface area contributed by atoms with Crippen LogP contribution in [0.25, 0.3) is 11.1 Å². The summed E-state index contributed by atoms with van der Waals surface area (Å²) in [4.78, 5) is 27.3. The minimum absolute atomic E-state index is 0.187. The number of anilines is 1. The number of nitrogens with zero attached hydrogens (tertiary/aromatic N) is 1. The van der Waals surface area contributed by atoms with Crippen LogP contribution < -0.4 is 9.64 Å². The van der Waals surface area contributed by atoms with Gasteiger partial charge in [0.2, 0.25) is 0 Å². The van der Waals surface area contributed by atoms with Gasteiger partial charge in [-0.1, -0.05) is 66.6 Å². The Morgan fingerprint density at radius 2 is 1.65 bits per heavy atom. The van der Waals surface area contributed by atoms with Crippen molar-refractivity contribution in [3.63, 3.8) is 0 Å². The van der Waals surface area contributed by atoms with E-state index in [2.05, 4.69) is 0 Å². The highest BCUT2D eigenvalue weighted by molar-refractivity contribution is 6.31. The van der Waals surface area contributed by atoms with E-state index in [1.54, 1.807) is 30.0 Å². The molecule has 0 saturated heterocycles. The molecule has 0 aliphatic carbocycles. The SMILES string of the molecule is CCOC(=O)CCCCCN(C(=O)c1cc(Cl)ccc1OC)c1ccccc1-c1ccccc1. The van der Waals surface area contributed by atoms with Crippen molar-refractivity contribution in [3.8, 4) is 16.9 Å². The Balaban J connectivity index is 1.90. The fourth-order valence-electron chi connectivity index (χ4n) is 3.84. The van der Waals surface area contributed by atoms with Crippen LogP contribution in [0.5, 0.6) is 5.75 Å². The van der Waals surface area contributed by atoms with E-state index in [1.807, 2.05) is 54.6 Å². The van der Waals surface area contributed by atoms with Crippen LogP contribution in [0.3, 0.4) is 0 Å². The van der Waals surface area contributed by atoms with Crippen molar-refractivity contribution < 1.29 is 19.1 Å². The zero-order valence-corrected chi connectivity index (χ0v) is 20.4. The molecular formula is C28H30ClNO4. The van der Waals surface area contributed by atoms with E-state index < -0.39 is 0 Å². The number of carbonyl (C=O) groups is 2. The Morgan fingerprint density at radius 3 is 2.38 bits per heavy atom. The number of para-hydroxylation sites is 1. The van der Waals surface area contributed by atoms with E-state index >= 15 is 0 Å². The molecule has 0 aliphatic heterocycles. The van der Waals surface area contributed by atoms with Crippen molar-refractivity contribution in [3.05, 3.63) is 83.4 Å². The standard InChI is InChI=1S/C28H30ClNO4/c1-3-34-27(31)16-8-5-11-19-30(28(32)24-20-22(29)17-18-26(24)33-2)25-15-10-9-14-23(25)21-12-6-4-7-13-21/h4,6-7,9-10,12-15,17-18,20H,3,5,8,11,16,19H2,1-2H3. The lowest BCUT2D eigenvalue weighted by Crippen LogP contribution is -2.32. The molecule has 0 radical (unpaired) electrons. The topological polar surface area (TPSA) is 55.8 Å². The zero-order chi connectivity index (χ0) is 24.3. The largest absolute Gasteiger partial charge is 0.496 e. The molecule has 178 valence electrons. The van der Waals surface area contributed by atoms with Gasteiger partial charge in [0.15, 0.2) is 0 Å². The number of ether oxygens (including phenoxy) is 2. The Hall–Kier alpha value is -3.31. The summed E-state index contributed by atoms with van der Waals surface area (Å²) < 4.78 is 10.5. The summed E-state index contributed by atoms with van der Waals surface area (Å²) in [6.45, 7) is 2.68. The van der Waals surface area contributed by atoms with Crippen LogP contribution in [0.15, 0.2) is 72.8 Å². The monoisotopic (exact) mass is 479 g/mol. The van der Waals surface area contributed by atoms with Gasteiger partial charge in [0.05, 0.1) is 25.0 Å². The van der Waals surface area contributed by atoms with Crippen molar-refractivity contribution in [2.75, 3.05) is 25.2 Å². The van der Waals surface area contributed by atoms with Gasteiger partial charge >= 0.3 is 5.97 Å². The number of methoxy groups -OCH3 is 1. The van der Waals surface area contributed by atoms with Crippen LogP contribution in [-0.2, 0) is 9.53 Å². The maximum Gasteiger partial charge on any atom is 0.305 e. The first-order chi connectivity index (χ1) is 16.5. The third-order valence-corrected chi connectivity index (χ3v) is 5.72. The van der Waals surface area contributed by atoms with Crippen molar-refractivity contribution in [2.24, 2.45) is 0 Å². The van der Waals surface area contributed by atoms with Crippen LogP contribution in [0.4, 0.5) is 5.69 Å². The highest BCUT2D eigenvalue weighted by atomic mass is 35.5. The molecular weight excluding hydrogens is 450 g/mol. The fourth-order valence-corrected chi connectivity index (χ4v) is 4.02. The van der Waals surface area contributed by atoms with Crippen LogP contribution >= 0.6 is 11.6 Å². The molecule has 0 unspecified atom stereocenters. The molecule has 6 heteroatoms. The normalized spacial score (nSPS) is 10.6. The number of amides is 1. The number of benzene rings is 3. The van der Waals surface area contributed by atoms with Crippen LogP contribution in [-0.4, -0.2) is 32.1 Å². The van der Waals surface area contributed by atoms with E-state index in [-0.39, 0.29) is 11.9 Å². The molecule has 3 aromatic carbocycles. The highest BCUT2D eigenvalue weighted by Gasteiger charge is 2.23. The predicted octanol–water partition coefficient (Wildman–Crippen LogP) is 6.79. The van der Waals surface area contributed by atoms with Gasteiger partial charge in [-0.15, -0.1) is 0 Å². The van der Waals surface area contributed by atoms with Gasteiger partial charge in [-0.2, -0.15) is 0 Å². The van der Waals surface area contributed by atoms with Crippen molar-refractivity contribution in [2.45, 2.75) is 32.6 Å². The molecule has 0 N–H and O–H groups in total. The molecule has 5 nitrogen and oxygen atoms in total. The maximum absolute atomic E-state index is 13.8. The molecule has 0 aromatic heterocycles. The molecule has 34 heavy (non-hydrogen) atoms. The van der Waals surface area contributed by atoms with Gasteiger partial charge in [0, 0.05) is 23.6 Å². The molecule has 3 rings (SSSR count). The van der Waals surface area contributed by atoms with Gasteiger partial charge in [0.25, 0.3) is 5.91 Å². The fraction of sp³-hybridized carbons (Fsp3) is 0.286. The summed E-state index contributed by atoms with van der Waals surface area (Å²) in [6, 6.07) is 22.9. The lowest BCUT2D eigenvalue weighted by Gasteiger charge is -2.26. The number of hydrogen-bond donors (Lipinski definition) is 0. The minimum Gasteiger partial charge on any atom is -0.496 e. The second-order valence-electron chi connectivity index (χ2n) is 7.80. The number of hydrogen-bond acceptors (Lipinski definition) is 4. The Bertz CT molecular complexity index is 1100. The van der Waals surface area contributed by atoms with E-state index in [0.29, 0.717) is 42.3 Å². The van der Waals surface area contributed by atoms with Gasteiger partial charge < -0.3 is 14.4 Å². The number of esters is 1. The van der Waals surface area contributed by atoms with Gasteiger partial charge in [0.1, 0.15) is 5.75 Å². The molecule has 3 aromatic rings. The molecule has 0 fully saturated rings. The summed E-state index contributed by atoms with van der Waals surface area (Å²) in [5.41, 5.74) is 3.20. The van der Waals surface area contributed by atoms with Crippen molar-refractivity contribution in [1.29, 1.82) is 0 Å². The summed E-state index contributed by atoms with van der Waals surface area (Å²) in [6.07, 6.45) is 2.62. The summed E-state index contributed by atoms with van der Waals surface area (Å²) >= 11 is 6.23. The molecule has 0 bridgehead atoms. The summed E-state index contributed by atoms with van der Waals surface area (Å²) in [5, 5.41) is 0.467. The first-order valence-corrected chi connectivity index (χ1v) is 11.9. The number of rotatable bonds is 11. The van der Waals surface area contributed by atoms with Gasteiger partial charge in [-0.3, -0.25) is 9.59 Å². The summed E-state index contributed by atoms with van der Waals surface area (Å²) in [7, 11) is 1.54. The second-order valence-corrected chi connectivity index (χ2v) is 8.24. The lowest BCUT2D eigenvalue weighted by atomic mass is 10.0. The van der Waals surface area contributed by atoms with E-state index in [0.717, 1.165) is 29.7 Å². The Labute approximate surface area is 206 Å². The third kappa shape index (κ3) is 6.61. The first-order valence-electron chi connectivity index (χ1n) is 11.5. The smallest absolute Gasteiger partial charge is 0.305 e. The average molecular weight is 480 g/mol. The number of carbonyl (C=O) groups excluding carboxylic acids is 2. The molecule has 0 heterocycles. The zero-order valence-electron chi connectivity index (χ0n) is 19.6. The molecule has 0 spiro atoms. The third-order valence-electron chi connectivity index (χ3n) is 5.48. The van der Waals surface area contributed by atoms with E-state index in [9.17, 15) is 9.59 Å². The number of halogens is 1. The van der Waals surface area contributed by atoms with Gasteiger partial charge in [-0.25, -0.2) is 0 Å². The van der Waals surface area contributed by atoms with Crippen molar-refractivity contribution >= 4 is 29.2 Å². The Kier molecular flexibility index (Phi) is 9.53. The number of unbranched alkanes of at least 4 members (excludes halogenated alkanes) is 2. The lowest BCUT2D eigenvalue weighted by molar-refractivity contribution is -0.143. The van der Waals surface area contributed by atoms with Crippen LogP contribution in [0, 0.1) is 0 Å². The van der Waals surface area contributed by atoms with E-state index in [4.69, 9.17) is 21.1 Å². The second kappa shape index (κ2) is 12.8. The highest BCUT2D eigenvalue weighted by Crippen LogP contribution is 2.33. The van der Waals surface area contributed by atoms with Crippen molar-refractivity contribution in [1.82, 2.24) is 0 Å². The quantitative estimate of drug-likeness (QED) is 0.224. The minimum atomic E-state index is -0.187. The van der Waals surface area contributed by atoms with Crippen LogP contribution in [0.1, 0.15) is 43.0 Å². The first kappa shape index (κ1) is 25.3. The summed E-state index contributed by atoms with van der Waals surface area (Å²) in [5.74, 6) is 0.0977. The molecule has 0 atom stereocenters. The van der Waals surface area contributed by atoms with E-state index in [1.165, 1.54) is 7.11 Å². The molecule has 0 saturated carbocycles. The Morgan fingerprint density at radius 1 is 0.912 bits per heavy atom. The predicted molar refractivity (Wildman–Crippen MR) is 137 cm³/mol. The van der Waals surface area contributed by atoms with Gasteiger partial charge in [-0.05, 0) is 49.6 Å². The molecule has 1 amide bonds.